The number of carbonyl (C=O) groups is 3. The smallest absolute Gasteiger partial charge is 0.413 e. The third-order valence-corrected chi connectivity index (χ3v) is 4.62. The third kappa shape index (κ3) is 5.04. The summed E-state index contributed by atoms with van der Waals surface area (Å²) in [5, 5.41) is 6.69. The number of benzene rings is 2. The van der Waals surface area contributed by atoms with E-state index in [0.717, 1.165) is 30.6 Å². The van der Waals surface area contributed by atoms with Gasteiger partial charge in [-0.25, -0.2) is 19.4 Å². The number of carbonyl (C=O) groups excluding carboxylic acids is 3. The predicted molar refractivity (Wildman–Crippen MR) is 117 cm³/mol. The lowest BCUT2D eigenvalue weighted by Gasteiger charge is -2.10. The molecule has 2 aromatic carbocycles. The first kappa shape index (κ1) is 22.3. The standard InChI is InChI=1S/C22H22N4O6/c1-30-19(27)18-17(24-20(25-21(28)31-2)26-22(29)32-3)15(12-23-18)11-14-9-6-8-13-7-4-5-10-16(13)14/h4-10,12,23H,11H2,1-3H3,(H2,24,25,26,28,29). The van der Waals surface area contributed by atoms with E-state index >= 15 is 0 Å². The number of alkyl carbamates (subject to hydrolysis) is 2. The number of hydrogen-bond acceptors (Lipinski definition) is 7. The van der Waals surface area contributed by atoms with Crippen LogP contribution in [-0.4, -0.2) is 50.4 Å². The van der Waals surface area contributed by atoms with Crippen LogP contribution in [0.25, 0.3) is 10.8 Å². The molecule has 0 saturated heterocycles. The van der Waals surface area contributed by atoms with E-state index in [2.05, 4.69) is 30.1 Å². The van der Waals surface area contributed by atoms with E-state index < -0.39 is 18.2 Å². The minimum atomic E-state index is -0.870. The first-order valence-electron chi connectivity index (χ1n) is 9.50. The van der Waals surface area contributed by atoms with Crippen LogP contribution in [0.3, 0.4) is 0 Å². The molecule has 1 aromatic heterocycles. The maximum absolute atomic E-state index is 12.3. The maximum atomic E-state index is 12.3. The van der Waals surface area contributed by atoms with Gasteiger partial charge in [-0.2, -0.15) is 0 Å². The number of nitrogens with one attached hydrogen (secondary N) is 3. The van der Waals surface area contributed by atoms with E-state index in [9.17, 15) is 14.4 Å². The number of rotatable bonds is 4. The minimum absolute atomic E-state index is 0.0542. The second-order valence-corrected chi connectivity index (χ2v) is 6.54. The molecule has 0 spiro atoms. The van der Waals surface area contributed by atoms with Crippen LogP contribution in [0.5, 0.6) is 0 Å². The van der Waals surface area contributed by atoms with Gasteiger partial charge in [-0.3, -0.25) is 10.6 Å². The van der Waals surface area contributed by atoms with Crippen molar-refractivity contribution in [1.29, 1.82) is 0 Å². The van der Waals surface area contributed by atoms with Gasteiger partial charge in [0.2, 0.25) is 5.96 Å². The second kappa shape index (κ2) is 10.1. The molecule has 0 unspecified atom stereocenters. The predicted octanol–water partition coefficient (Wildman–Crippen LogP) is 3.24. The lowest BCUT2D eigenvalue weighted by atomic mass is 9.99. The molecule has 3 rings (SSSR count). The number of aromatic amines is 1. The number of methoxy groups -OCH3 is 3. The summed E-state index contributed by atoms with van der Waals surface area (Å²) >= 11 is 0. The first-order valence-corrected chi connectivity index (χ1v) is 9.50. The van der Waals surface area contributed by atoms with Gasteiger partial charge in [-0.15, -0.1) is 0 Å². The topological polar surface area (TPSA) is 131 Å². The molecule has 0 aliphatic heterocycles. The number of esters is 1. The Bertz CT molecular complexity index is 1160. The Morgan fingerprint density at radius 3 is 2.19 bits per heavy atom. The highest BCUT2D eigenvalue weighted by molar-refractivity contribution is 6.04. The van der Waals surface area contributed by atoms with Crippen molar-refractivity contribution in [3.05, 3.63) is 65.5 Å². The summed E-state index contributed by atoms with van der Waals surface area (Å²) in [7, 11) is 3.56. The van der Waals surface area contributed by atoms with Crippen LogP contribution < -0.4 is 10.6 Å². The monoisotopic (exact) mass is 438 g/mol. The van der Waals surface area contributed by atoms with Crippen LogP contribution in [0.4, 0.5) is 15.3 Å². The molecule has 0 saturated carbocycles. The van der Waals surface area contributed by atoms with Crippen molar-refractivity contribution in [2.75, 3.05) is 21.3 Å². The fourth-order valence-electron chi connectivity index (χ4n) is 3.12. The molecule has 32 heavy (non-hydrogen) atoms. The first-order chi connectivity index (χ1) is 15.5. The van der Waals surface area contributed by atoms with Crippen LogP contribution >= 0.6 is 0 Å². The van der Waals surface area contributed by atoms with Gasteiger partial charge >= 0.3 is 18.2 Å². The van der Waals surface area contributed by atoms with E-state index in [1.165, 1.54) is 7.11 Å². The van der Waals surface area contributed by atoms with Crippen molar-refractivity contribution in [3.8, 4) is 0 Å². The average Bonchev–Trinajstić information content (AvgIpc) is 3.20. The fourth-order valence-corrected chi connectivity index (χ4v) is 3.12. The highest BCUT2D eigenvalue weighted by atomic mass is 16.5. The van der Waals surface area contributed by atoms with Crippen molar-refractivity contribution >= 4 is 40.6 Å². The number of guanidine groups is 1. The zero-order chi connectivity index (χ0) is 23.1. The highest BCUT2D eigenvalue weighted by Gasteiger charge is 2.21. The van der Waals surface area contributed by atoms with Gasteiger partial charge in [-0.1, -0.05) is 42.5 Å². The number of fused-ring (bicyclic) bond motifs is 1. The number of ether oxygens (including phenoxy) is 3. The molecule has 0 aliphatic carbocycles. The Balaban J connectivity index is 2.09. The van der Waals surface area contributed by atoms with E-state index in [4.69, 9.17) is 4.74 Å². The number of hydrogen-bond donors (Lipinski definition) is 3. The number of amides is 2. The van der Waals surface area contributed by atoms with Gasteiger partial charge in [0.05, 0.1) is 21.3 Å². The number of aliphatic imine (C=N–C) groups is 1. The molecular weight excluding hydrogens is 416 g/mol. The molecule has 3 aromatic rings. The SMILES string of the molecule is COC(=O)NC(=Nc1c(Cc2cccc3ccccc23)c[nH]c1C(=O)OC)NC(=O)OC. The van der Waals surface area contributed by atoms with Crippen LogP contribution in [0.15, 0.2) is 53.7 Å². The summed E-state index contributed by atoms with van der Waals surface area (Å²) in [6.07, 6.45) is 0.301. The number of nitrogens with zero attached hydrogens (tertiary/aromatic N) is 1. The lowest BCUT2D eigenvalue weighted by molar-refractivity contribution is 0.0595. The second-order valence-electron chi connectivity index (χ2n) is 6.54. The van der Waals surface area contributed by atoms with Crippen molar-refractivity contribution in [3.63, 3.8) is 0 Å². The highest BCUT2D eigenvalue weighted by Crippen LogP contribution is 2.29. The Labute approximate surface area is 183 Å². The van der Waals surface area contributed by atoms with E-state index in [0.29, 0.717) is 12.0 Å². The minimum Gasteiger partial charge on any atom is -0.464 e. The van der Waals surface area contributed by atoms with Gasteiger partial charge in [0.1, 0.15) is 5.69 Å². The van der Waals surface area contributed by atoms with Crippen molar-refractivity contribution in [1.82, 2.24) is 15.6 Å². The molecule has 0 aliphatic rings. The van der Waals surface area contributed by atoms with Gasteiger partial charge < -0.3 is 19.2 Å². The summed E-state index contributed by atoms with van der Waals surface area (Å²) in [6, 6.07) is 13.8. The van der Waals surface area contributed by atoms with Crippen LogP contribution in [0, 0.1) is 0 Å². The van der Waals surface area contributed by atoms with Gasteiger partial charge in [0.15, 0.2) is 5.69 Å². The summed E-state index contributed by atoms with van der Waals surface area (Å²) in [5.74, 6) is -0.948. The zero-order valence-corrected chi connectivity index (χ0v) is 17.7. The maximum Gasteiger partial charge on any atom is 0.413 e. The number of H-pyrrole nitrogens is 1. The van der Waals surface area contributed by atoms with Crippen LogP contribution in [-0.2, 0) is 20.6 Å². The van der Waals surface area contributed by atoms with E-state index in [-0.39, 0.29) is 17.3 Å². The van der Waals surface area contributed by atoms with Crippen LogP contribution in [0.2, 0.25) is 0 Å². The van der Waals surface area contributed by atoms with Crippen LogP contribution in [0.1, 0.15) is 21.6 Å². The molecule has 3 N–H and O–H groups in total. The van der Waals surface area contributed by atoms with Crippen molar-refractivity contribution in [2.45, 2.75) is 6.42 Å². The largest absolute Gasteiger partial charge is 0.464 e. The Morgan fingerprint density at radius 2 is 1.53 bits per heavy atom. The zero-order valence-electron chi connectivity index (χ0n) is 17.7. The van der Waals surface area contributed by atoms with Gasteiger partial charge in [-0.05, 0) is 16.3 Å². The van der Waals surface area contributed by atoms with Gasteiger partial charge in [0.25, 0.3) is 0 Å². The molecule has 0 bridgehead atoms. The quantitative estimate of drug-likeness (QED) is 0.248. The average molecular weight is 438 g/mol. The van der Waals surface area contributed by atoms with E-state index in [1.807, 2.05) is 42.5 Å². The molecule has 10 heteroatoms. The van der Waals surface area contributed by atoms with Crippen molar-refractivity contribution < 1.29 is 28.6 Å². The Hall–Kier alpha value is -4.34. The summed E-state index contributed by atoms with van der Waals surface area (Å²) in [5.41, 5.74) is 1.88. The van der Waals surface area contributed by atoms with E-state index in [1.54, 1.807) is 6.20 Å². The molecule has 0 fully saturated rings. The van der Waals surface area contributed by atoms with Crippen molar-refractivity contribution in [2.24, 2.45) is 4.99 Å². The molecule has 1 heterocycles. The molecule has 166 valence electrons. The summed E-state index contributed by atoms with van der Waals surface area (Å²) < 4.78 is 14.0. The molecule has 2 amide bonds. The lowest BCUT2D eigenvalue weighted by Crippen LogP contribution is -2.43. The Kier molecular flexibility index (Phi) is 7.06. The molecule has 10 nitrogen and oxygen atoms in total. The van der Waals surface area contributed by atoms with Gasteiger partial charge in [0, 0.05) is 18.2 Å². The summed E-state index contributed by atoms with van der Waals surface area (Å²) in [6.45, 7) is 0. The summed E-state index contributed by atoms with van der Waals surface area (Å²) in [4.78, 5) is 42.9. The normalized spacial score (nSPS) is 10.2. The Morgan fingerprint density at radius 1 is 0.875 bits per heavy atom. The molecule has 0 radical (unpaired) electrons. The fraction of sp³-hybridized carbons (Fsp3) is 0.182. The molecular formula is C22H22N4O6. The third-order valence-electron chi connectivity index (χ3n) is 4.62. The number of aromatic nitrogens is 1. The molecule has 0 atom stereocenters.